The number of nitrogens with zero attached hydrogens (tertiary/aromatic N) is 1. The number of hydrogen-bond acceptors (Lipinski definition) is 7. The number of methoxy groups -OCH3 is 1. The molecule has 1 heterocycles. The lowest BCUT2D eigenvalue weighted by Crippen LogP contribution is -2.52. The lowest BCUT2D eigenvalue weighted by atomic mass is 10.1. The smallest absolute Gasteiger partial charge is 0.262 e. The molecule has 8 nitrogen and oxygen atoms in total. The molecule has 2 aliphatic rings. The molecule has 2 rings (SSSR count). The molecule has 0 spiro atoms. The highest BCUT2D eigenvalue weighted by molar-refractivity contribution is 5.39. The molecule has 0 aromatic rings. The van der Waals surface area contributed by atoms with E-state index in [9.17, 15) is 15.0 Å². The van der Waals surface area contributed by atoms with Crippen molar-refractivity contribution in [3.8, 4) is 0 Å². The van der Waals surface area contributed by atoms with Crippen molar-refractivity contribution in [1.29, 1.82) is 16.2 Å². The fourth-order valence-corrected chi connectivity index (χ4v) is 2.94. The quantitative estimate of drug-likeness (QED) is 0.468. The number of aliphatic hydroxyl groups is 2. The molecule has 0 aromatic heterocycles. The van der Waals surface area contributed by atoms with Gasteiger partial charge in [-0.1, -0.05) is 0 Å². The van der Waals surface area contributed by atoms with Crippen LogP contribution in [0.2, 0.25) is 0 Å². The summed E-state index contributed by atoms with van der Waals surface area (Å²) in [4.78, 5) is 12.7. The topological polar surface area (TPSA) is 143 Å². The average molecular weight is 346 g/mol. The Kier molecular flexibility index (Phi) is 4.94. The summed E-state index contributed by atoms with van der Waals surface area (Å²) >= 11 is 0. The maximum atomic E-state index is 12.7. The van der Waals surface area contributed by atoms with Crippen LogP contribution in [0.25, 0.3) is 11.5 Å². The molecule has 8 heteroatoms. The molecular weight excluding hydrogens is 324 g/mol. The number of ether oxygens (including phenoxy) is 1. The first-order valence-corrected chi connectivity index (χ1v) is 7.79. The van der Waals surface area contributed by atoms with Crippen LogP contribution in [-0.2, 0) is 11.3 Å². The van der Waals surface area contributed by atoms with Gasteiger partial charge in [-0.2, -0.15) is 0 Å². The van der Waals surface area contributed by atoms with E-state index in [1.165, 1.54) is 18.4 Å². The van der Waals surface area contributed by atoms with E-state index < -0.39 is 5.56 Å². The molecule has 1 unspecified atom stereocenters. The van der Waals surface area contributed by atoms with Gasteiger partial charge in [-0.25, -0.2) is 0 Å². The van der Waals surface area contributed by atoms with Crippen molar-refractivity contribution >= 4 is 11.5 Å². The van der Waals surface area contributed by atoms with E-state index in [-0.39, 0.29) is 61.2 Å². The van der Waals surface area contributed by atoms with Crippen LogP contribution in [0, 0.1) is 26.7 Å². The highest BCUT2D eigenvalue weighted by Crippen LogP contribution is 1.96. The van der Waals surface area contributed by atoms with E-state index in [1.54, 1.807) is 7.11 Å². The Labute approximate surface area is 142 Å². The standard InChI is InChI=1S/C17H22N4O4/c1-7(25-4)5-6-21-16(20)12-13(17(21)24)15(19)11(9(3)23)10(8(2)22)14(12)18/h7,18-20,22-23H,5-6H2,1-4H3/b10-8+,11-9-,18-14?,19-15?,20-16?. The number of nitrogens with one attached hydrogen (secondary N) is 3. The number of aromatic nitrogens is 1. The summed E-state index contributed by atoms with van der Waals surface area (Å²) in [7, 11) is 1.55. The van der Waals surface area contributed by atoms with Gasteiger partial charge in [0.1, 0.15) is 5.49 Å². The zero-order valence-corrected chi connectivity index (χ0v) is 14.6. The maximum absolute atomic E-state index is 12.7. The predicted molar refractivity (Wildman–Crippen MR) is 89.7 cm³/mol. The molecule has 0 amide bonds. The Morgan fingerprint density at radius 3 is 2.00 bits per heavy atom. The van der Waals surface area contributed by atoms with Crippen LogP contribution in [0.5, 0.6) is 0 Å². The van der Waals surface area contributed by atoms with Crippen LogP contribution in [-0.4, -0.2) is 28.0 Å². The molecule has 0 bridgehead atoms. The lowest BCUT2D eigenvalue weighted by Gasteiger charge is -2.08. The van der Waals surface area contributed by atoms with Gasteiger partial charge in [0.05, 0.1) is 49.2 Å². The Hall–Kier alpha value is -2.74. The monoisotopic (exact) mass is 346 g/mol. The molecule has 1 aliphatic heterocycles. The van der Waals surface area contributed by atoms with Gasteiger partial charge in [-0.15, -0.1) is 0 Å². The fourth-order valence-electron chi connectivity index (χ4n) is 2.94. The van der Waals surface area contributed by atoms with Gasteiger partial charge in [-0.05, 0) is 27.2 Å². The fraction of sp³-hybridized carbons (Fsp3) is 0.412. The van der Waals surface area contributed by atoms with Crippen LogP contribution in [0.15, 0.2) is 4.79 Å². The third-order valence-corrected chi connectivity index (χ3v) is 4.35. The van der Waals surface area contributed by atoms with Gasteiger partial charge < -0.3 is 14.9 Å². The minimum Gasteiger partial charge on any atom is -0.512 e. The van der Waals surface area contributed by atoms with Crippen molar-refractivity contribution in [2.45, 2.75) is 39.8 Å². The first-order valence-electron chi connectivity index (χ1n) is 7.79. The second-order valence-electron chi connectivity index (χ2n) is 6.06. The van der Waals surface area contributed by atoms with E-state index in [1.807, 2.05) is 6.92 Å². The molecule has 25 heavy (non-hydrogen) atoms. The van der Waals surface area contributed by atoms with E-state index in [4.69, 9.17) is 21.0 Å². The van der Waals surface area contributed by atoms with Gasteiger partial charge in [-0.3, -0.25) is 25.6 Å². The summed E-state index contributed by atoms with van der Waals surface area (Å²) in [6.07, 6.45) is 0.386. The zero-order valence-electron chi connectivity index (χ0n) is 14.6. The molecule has 1 atom stereocenters. The maximum Gasteiger partial charge on any atom is 0.262 e. The largest absolute Gasteiger partial charge is 0.512 e. The molecule has 0 aromatic carbocycles. The Morgan fingerprint density at radius 1 is 1.08 bits per heavy atom. The number of hydrogen-bond donors (Lipinski definition) is 5. The van der Waals surface area contributed by atoms with Crippen molar-refractivity contribution in [3.05, 3.63) is 47.4 Å². The van der Waals surface area contributed by atoms with E-state index in [0.29, 0.717) is 6.42 Å². The minimum atomic E-state index is -0.550. The first kappa shape index (κ1) is 18.6. The molecule has 134 valence electrons. The second-order valence-corrected chi connectivity index (χ2v) is 6.06. The van der Waals surface area contributed by atoms with E-state index in [0.717, 1.165) is 0 Å². The lowest BCUT2D eigenvalue weighted by molar-refractivity contribution is 0.106. The summed E-state index contributed by atoms with van der Waals surface area (Å²) in [5.41, 5.74) is -0.724. The highest BCUT2D eigenvalue weighted by atomic mass is 16.5. The van der Waals surface area contributed by atoms with Crippen LogP contribution in [0.1, 0.15) is 27.2 Å². The molecule has 0 saturated carbocycles. The third-order valence-electron chi connectivity index (χ3n) is 4.35. The Bertz CT molecular complexity index is 1120. The summed E-state index contributed by atoms with van der Waals surface area (Å²) < 4.78 is 6.35. The molecular formula is C17H22N4O4. The van der Waals surface area contributed by atoms with E-state index in [2.05, 4.69) is 0 Å². The van der Waals surface area contributed by atoms with Crippen molar-refractivity contribution in [2.24, 2.45) is 0 Å². The van der Waals surface area contributed by atoms with Gasteiger partial charge in [0.2, 0.25) is 0 Å². The first-order chi connectivity index (χ1) is 11.6. The van der Waals surface area contributed by atoms with Gasteiger partial charge in [0.25, 0.3) is 5.56 Å². The van der Waals surface area contributed by atoms with E-state index >= 15 is 0 Å². The molecule has 5 N–H and O–H groups in total. The molecule has 1 aliphatic carbocycles. The number of aliphatic hydroxyl groups excluding tert-OH is 2. The SMILES string of the molecule is COC(C)CCn1c(=N)c2c(=N)c(=C(\C)O)/c(=C(\C)O)c(=N)c=2c1=O. The van der Waals surface area contributed by atoms with Crippen molar-refractivity contribution in [1.82, 2.24) is 4.57 Å². The van der Waals surface area contributed by atoms with Crippen molar-refractivity contribution < 1.29 is 14.9 Å². The predicted octanol–water partition coefficient (Wildman–Crippen LogP) is -1.32. The molecule has 0 fully saturated rings. The van der Waals surface area contributed by atoms with Crippen LogP contribution >= 0.6 is 0 Å². The summed E-state index contributed by atoms with van der Waals surface area (Å²) in [5.74, 6) is -0.521. The summed E-state index contributed by atoms with van der Waals surface area (Å²) in [6, 6.07) is 0. The zero-order chi connectivity index (χ0) is 19.0. The second kappa shape index (κ2) is 6.64. The minimum absolute atomic E-state index is 0.00784. The Balaban J connectivity index is 3.11. The summed E-state index contributed by atoms with van der Waals surface area (Å²) in [5, 5.41) is 44.0. The molecule has 0 radical (unpaired) electrons. The van der Waals surface area contributed by atoms with Gasteiger partial charge in [0.15, 0.2) is 0 Å². The van der Waals surface area contributed by atoms with Crippen LogP contribution < -0.4 is 32.2 Å². The third kappa shape index (κ3) is 2.89. The van der Waals surface area contributed by atoms with Crippen molar-refractivity contribution in [3.63, 3.8) is 0 Å². The molecule has 0 saturated heterocycles. The summed E-state index contributed by atoms with van der Waals surface area (Å²) in [6.45, 7) is 4.72. The Morgan fingerprint density at radius 2 is 1.56 bits per heavy atom. The van der Waals surface area contributed by atoms with Crippen LogP contribution in [0.4, 0.5) is 0 Å². The van der Waals surface area contributed by atoms with Gasteiger partial charge >= 0.3 is 0 Å². The van der Waals surface area contributed by atoms with Gasteiger partial charge in [0, 0.05) is 13.7 Å². The number of rotatable bonds is 4. The normalized spacial score (nSPS) is 15.4. The average Bonchev–Trinajstić information content (AvgIpc) is 2.79. The van der Waals surface area contributed by atoms with Crippen LogP contribution in [0.3, 0.4) is 0 Å². The van der Waals surface area contributed by atoms with Crippen molar-refractivity contribution in [2.75, 3.05) is 7.11 Å². The highest BCUT2D eigenvalue weighted by Gasteiger charge is 2.15.